The molecule has 0 atom stereocenters. The molecule has 0 saturated heterocycles. The second kappa shape index (κ2) is 6.66. The van der Waals surface area contributed by atoms with Gasteiger partial charge in [0, 0.05) is 18.3 Å². The number of anilines is 1. The largest absolute Gasteiger partial charge is 0.399 e. The summed E-state index contributed by atoms with van der Waals surface area (Å²) in [5.74, 6) is -1.06. The van der Waals surface area contributed by atoms with Crippen LogP contribution >= 0.6 is 0 Å². The van der Waals surface area contributed by atoms with E-state index < -0.39 is 16.0 Å². The first kappa shape index (κ1) is 16.8. The van der Waals surface area contributed by atoms with Crippen molar-refractivity contribution in [3.63, 3.8) is 0 Å². The van der Waals surface area contributed by atoms with Gasteiger partial charge in [-0.1, -0.05) is 12.1 Å². The Morgan fingerprint density at radius 1 is 1.22 bits per heavy atom. The molecule has 0 aromatic heterocycles. The highest BCUT2D eigenvalue weighted by Gasteiger charge is 2.16. The summed E-state index contributed by atoms with van der Waals surface area (Å²) in [5, 5.41) is 2.60. The van der Waals surface area contributed by atoms with E-state index in [0.717, 1.165) is 6.26 Å². The van der Waals surface area contributed by atoms with Crippen molar-refractivity contribution in [1.82, 2.24) is 5.32 Å². The molecule has 0 aliphatic heterocycles. The highest BCUT2D eigenvalue weighted by atomic mass is 32.2. The minimum absolute atomic E-state index is 0.0340. The third-order valence-corrected chi connectivity index (χ3v) is 3.34. The van der Waals surface area contributed by atoms with Gasteiger partial charge in [-0.05, 0) is 29.8 Å². The average Bonchev–Trinajstić information content (AvgIpc) is 2.45. The number of carbonyl (C=O) groups excluding carboxylic acids is 1. The maximum absolute atomic E-state index is 12.8. The van der Waals surface area contributed by atoms with Crippen molar-refractivity contribution in [2.75, 3.05) is 12.0 Å². The molecular formula is C15H15FN2O4S. The minimum atomic E-state index is -3.80. The Morgan fingerprint density at radius 3 is 2.48 bits per heavy atom. The molecule has 6 nitrogen and oxygen atoms in total. The van der Waals surface area contributed by atoms with Crippen molar-refractivity contribution < 1.29 is 21.8 Å². The van der Waals surface area contributed by atoms with E-state index in [-0.39, 0.29) is 29.4 Å². The molecule has 3 N–H and O–H groups in total. The lowest BCUT2D eigenvalue weighted by molar-refractivity contribution is 0.0949. The fourth-order valence-electron chi connectivity index (χ4n) is 1.84. The molecule has 2 rings (SSSR count). The number of nitrogens with one attached hydrogen (secondary N) is 1. The predicted molar refractivity (Wildman–Crippen MR) is 83.9 cm³/mol. The maximum Gasteiger partial charge on any atom is 0.306 e. The summed E-state index contributed by atoms with van der Waals surface area (Å²) in [6, 6.07) is 9.72. The van der Waals surface area contributed by atoms with Crippen molar-refractivity contribution in [1.29, 1.82) is 0 Å². The number of carbonyl (C=O) groups is 1. The highest BCUT2D eigenvalue weighted by molar-refractivity contribution is 7.86. The first-order chi connectivity index (χ1) is 10.7. The smallest absolute Gasteiger partial charge is 0.306 e. The first-order valence-corrected chi connectivity index (χ1v) is 8.38. The number of hydrogen-bond donors (Lipinski definition) is 2. The normalized spacial score (nSPS) is 11.0. The topological polar surface area (TPSA) is 98.5 Å². The molecule has 0 saturated carbocycles. The third kappa shape index (κ3) is 4.96. The van der Waals surface area contributed by atoms with E-state index in [4.69, 9.17) is 9.92 Å². The van der Waals surface area contributed by atoms with Crippen LogP contribution in [0.3, 0.4) is 0 Å². The second-order valence-corrected chi connectivity index (χ2v) is 6.43. The summed E-state index contributed by atoms with van der Waals surface area (Å²) < 4.78 is 40.1. The third-order valence-electron chi connectivity index (χ3n) is 2.86. The lowest BCUT2D eigenvalue weighted by Crippen LogP contribution is -2.24. The van der Waals surface area contributed by atoms with Crippen molar-refractivity contribution >= 4 is 21.7 Å². The molecule has 2 aromatic carbocycles. The van der Waals surface area contributed by atoms with E-state index >= 15 is 0 Å². The average molecular weight is 338 g/mol. The lowest BCUT2D eigenvalue weighted by Gasteiger charge is -2.11. The van der Waals surface area contributed by atoms with Crippen molar-refractivity contribution in [3.8, 4) is 5.75 Å². The summed E-state index contributed by atoms with van der Waals surface area (Å²) >= 11 is 0. The Balaban J connectivity index is 2.16. The molecule has 0 spiro atoms. The monoisotopic (exact) mass is 338 g/mol. The van der Waals surface area contributed by atoms with E-state index in [1.807, 2.05) is 0 Å². The van der Waals surface area contributed by atoms with E-state index in [1.54, 1.807) is 0 Å². The van der Waals surface area contributed by atoms with Crippen LogP contribution in [0, 0.1) is 5.82 Å². The molecule has 0 bridgehead atoms. The predicted octanol–water partition coefficient (Wildman–Crippen LogP) is 1.68. The molecule has 0 fully saturated rings. The Morgan fingerprint density at radius 2 is 1.87 bits per heavy atom. The Bertz CT molecular complexity index is 820. The molecule has 0 unspecified atom stereocenters. The summed E-state index contributed by atoms with van der Waals surface area (Å²) in [6.07, 6.45) is 0.871. The van der Waals surface area contributed by atoms with Crippen LogP contribution in [0.4, 0.5) is 10.1 Å². The molecule has 0 radical (unpaired) electrons. The van der Waals surface area contributed by atoms with Crippen molar-refractivity contribution in [2.24, 2.45) is 0 Å². The Hall–Kier alpha value is -2.61. The van der Waals surface area contributed by atoms with E-state index in [2.05, 4.69) is 5.32 Å². The van der Waals surface area contributed by atoms with Gasteiger partial charge >= 0.3 is 10.1 Å². The number of nitrogen functional groups attached to an aromatic ring is 1. The SMILES string of the molecule is CS(=O)(=O)Oc1cc(N)ccc1C(=O)NCc1ccc(F)cc1. The van der Waals surface area contributed by atoms with Gasteiger partial charge in [0.05, 0.1) is 11.8 Å². The minimum Gasteiger partial charge on any atom is -0.399 e. The van der Waals surface area contributed by atoms with Crippen LogP contribution < -0.4 is 15.2 Å². The standard InChI is InChI=1S/C15H15FN2O4S/c1-23(20,21)22-14-8-12(17)6-7-13(14)15(19)18-9-10-2-4-11(16)5-3-10/h2-8H,9,17H2,1H3,(H,18,19). The van der Waals surface area contributed by atoms with Gasteiger partial charge in [0.25, 0.3) is 5.91 Å². The maximum atomic E-state index is 12.8. The number of halogens is 1. The number of amides is 1. The van der Waals surface area contributed by atoms with Gasteiger partial charge in [-0.25, -0.2) is 4.39 Å². The first-order valence-electron chi connectivity index (χ1n) is 6.56. The van der Waals surface area contributed by atoms with E-state index in [0.29, 0.717) is 5.56 Å². The number of nitrogens with two attached hydrogens (primary N) is 1. The quantitative estimate of drug-likeness (QED) is 0.638. The summed E-state index contributed by atoms with van der Waals surface area (Å²) in [4.78, 5) is 12.2. The fraction of sp³-hybridized carbons (Fsp3) is 0.133. The zero-order valence-corrected chi connectivity index (χ0v) is 13.1. The summed E-state index contributed by atoms with van der Waals surface area (Å²) in [7, 11) is -3.80. The van der Waals surface area contributed by atoms with Crippen LogP contribution in [0.25, 0.3) is 0 Å². The Labute approximate surface area is 133 Å². The summed E-state index contributed by atoms with van der Waals surface area (Å²) in [5.41, 5.74) is 6.58. The molecular weight excluding hydrogens is 323 g/mol. The fourth-order valence-corrected chi connectivity index (χ4v) is 2.30. The molecule has 0 aliphatic rings. The van der Waals surface area contributed by atoms with Crippen LogP contribution in [0.15, 0.2) is 42.5 Å². The van der Waals surface area contributed by atoms with Gasteiger partial charge in [0.15, 0.2) is 5.75 Å². The zero-order valence-electron chi connectivity index (χ0n) is 12.2. The molecule has 122 valence electrons. The second-order valence-electron chi connectivity index (χ2n) is 4.85. The van der Waals surface area contributed by atoms with Gasteiger partial charge in [-0.3, -0.25) is 4.79 Å². The van der Waals surface area contributed by atoms with Gasteiger partial charge < -0.3 is 15.2 Å². The molecule has 8 heteroatoms. The van der Waals surface area contributed by atoms with Crippen LogP contribution in [0.2, 0.25) is 0 Å². The molecule has 2 aromatic rings. The van der Waals surface area contributed by atoms with Gasteiger partial charge in [0.2, 0.25) is 0 Å². The Kier molecular flexibility index (Phi) is 4.85. The van der Waals surface area contributed by atoms with Gasteiger partial charge in [0.1, 0.15) is 5.82 Å². The number of rotatable bonds is 5. The number of benzene rings is 2. The van der Waals surface area contributed by atoms with Crippen LogP contribution in [0.1, 0.15) is 15.9 Å². The summed E-state index contributed by atoms with van der Waals surface area (Å²) in [6.45, 7) is 0.155. The highest BCUT2D eigenvalue weighted by Crippen LogP contribution is 2.23. The van der Waals surface area contributed by atoms with Gasteiger partial charge in [-0.2, -0.15) is 8.42 Å². The lowest BCUT2D eigenvalue weighted by atomic mass is 10.1. The zero-order chi connectivity index (χ0) is 17.0. The van der Waals surface area contributed by atoms with Crippen LogP contribution in [-0.2, 0) is 16.7 Å². The van der Waals surface area contributed by atoms with Crippen LogP contribution in [0.5, 0.6) is 5.75 Å². The van der Waals surface area contributed by atoms with E-state index in [1.165, 1.54) is 42.5 Å². The van der Waals surface area contributed by atoms with Crippen molar-refractivity contribution in [3.05, 3.63) is 59.4 Å². The molecule has 1 amide bonds. The van der Waals surface area contributed by atoms with E-state index in [9.17, 15) is 17.6 Å². The molecule has 0 heterocycles. The van der Waals surface area contributed by atoms with Gasteiger partial charge in [-0.15, -0.1) is 0 Å². The van der Waals surface area contributed by atoms with Crippen LogP contribution in [-0.4, -0.2) is 20.6 Å². The molecule has 0 aliphatic carbocycles. The number of hydrogen-bond acceptors (Lipinski definition) is 5. The van der Waals surface area contributed by atoms with Crippen molar-refractivity contribution in [2.45, 2.75) is 6.54 Å². The molecule has 23 heavy (non-hydrogen) atoms.